The molecule has 0 aliphatic heterocycles. The topological polar surface area (TPSA) is 52.3 Å². The van der Waals surface area contributed by atoms with Crippen molar-refractivity contribution < 1.29 is 13.9 Å². The summed E-state index contributed by atoms with van der Waals surface area (Å²) in [7, 11) is 1.39. The van der Waals surface area contributed by atoms with Gasteiger partial charge in [0, 0.05) is 17.7 Å². The number of benzene rings is 2. The number of carbonyl (C=O) groups excluding carboxylic acids is 1. The Balaban J connectivity index is 2.27. The molecule has 2 rings (SSSR count). The molecule has 0 spiro atoms. The minimum Gasteiger partial charge on any atom is -0.494 e. The first kappa shape index (κ1) is 13.1. The summed E-state index contributed by atoms with van der Waals surface area (Å²) < 4.78 is 18.8. The Labute approximate surface area is 110 Å². The fourth-order valence-electron chi connectivity index (χ4n) is 1.87. The molecule has 0 radical (unpaired) electrons. The molecular formula is C15H14FNO2. The Morgan fingerprint density at radius 3 is 2.63 bits per heavy atom. The van der Waals surface area contributed by atoms with Crippen LogP contribution in [0, 0.1) is 5.82 Å². The molecule has 0 bridgehead atoms. The van der Waals surface area contributed by atoms with Crippen LogP contribution in [-0.4, -0.2) is 12.9 Å². The summed E-state index contributed by atoms with van der Waals surface area (Å²) in [6.07, 6.45) is -0.0444. The highest BCUT2D eigenvalue weighted by atomic mass is 19.1. The van der Waals surface area contributed by atoms with Crippen LogP contribution in [0.5, 0.6) is 5.75 Å². The number of para-hydroxylation sites is 1. The summed E-state index contributed by atoms with van der Waals surface area (Å²) in [4.78, 5) is 12.1. The number of ketones is 1. The number of nitrogens with two attached hydrogens (primary N) is 1. The van der Waals surface area contributed by atoms with Crippen LogP contribution >= 0.6 is 0 Å². The molecule has 0 aromatic heterocycles. The minimum absolute atomic E-state index is 0.0444. The molecule has 0 fully saturated rings. The molecule has 98 valence electrons. The van der Waals surface area contributed by atoms with E-state index in [9.17, 15) is 9.18 Å². The van der Waals surface area contributed by atoms with E-state index >= 15 is 0 Å². The molecule has 3 nitrogen and oxygen atoms in total. The van der Waals surface area contributed by atoms with E-state index in [-0.39, 0.29) is 18.0 Å². The second kappa shape index (κ2) is 5.52. The zero-order valence-corrected chi connectivity index (χ0v) is 10.5. The average molecular weight is 259 g/mol. The van der Waals surface area contributed by atoms with Crippen molar-refractivity contribution in [3.05, 3.63) is 59.4 Å². The van der Waals surface area contributed by atoms with E-state index in [0.29, 0.717) is 16.8 Å². The Morgan fingerprint density at radius 1 is 1.21 bits per heavy atom. The van der Waals surface area contributed by atoms with Gasteiger partial charge >= 0.3 is 0 Å². The third-order valence-corrected chi connectivity index (χ3v) is 2.88. The number of nitrogen functional groups attached to an aromatic ring is 1. The van der Waals surface area contributed by atoms with Gasteiger partial charge in [-0.1, -0.05) is 24.3 Å². The second-order valence-electron chi connectivity index (χ2n) is 4.12. The van der Waals surface area contributed by atoms with Crippen molar-refractivity contribution in [1.29, 1.82) is 0 Å². The monoisotopic (exact) mass is 259 g/mol. The van der Waals surface area contributed by atoms with Crippen LogP contribution in [0.25, 0.3) is 0 Å². The lowest BCUT2D eigenvalue weighted by Crippen LogP contribution is -2.08. The summed E-state index contributed by atoms with van der Waals surface area (Å²) in [5.41, 5.74) is 6.83. The largest absolute Gasteiger partial charge is 0.494 e. The normalized spacial score (nSPS) is 10.2. The number of ether oxygens (including phenoxy) is 1. The molecule has 0 atom stereocenters. The Bertz CT molecular complexity index is 611. The summed E-state index contributed by atoms with van der Waals surface area (Å²) in [5.74, 6) is -0.593. The van der Waals surface area contributed by atoms with E-state index in [1.165, 1.54) is 13.2 Å². The van der Waals surface area contributed by atoms with E-state index in [0.717, 1.165) is 0 Å². The predicted octanol–water partition coefficient (Wildman–Crippen LogP) is 2.84. The number of hydrogen-bond acceptors (Lipinski definition) is 3. The third-order valence-electron chi connectivity index (χ3n) is 2.88. The number of Topliss-reactive ketones (excluding diaryl/α,β-unsaturated/α-hetero) is 1. The summed E-state index contributed by atoms with van der Waals surface area (Å²) >= 11 is 0. The summed E-state index contributed by atoms with van der Waals surface area (Å²) in [5, 5.41) is 0. The predicted molar refractivity (Wildman–Crippen MR) is 71.8 cm³/mol. The van der Waals surface area contributed by atoms with Crippen LogP contribution in [0.15, 0.2) is 42.5 Å². The van der Waals surface area contributed by atoms with Crippen molar-refractivity contribution >= 4 is 11.5 Å². The van der Waals surface area contributed by atoms with Crippen LogP contribution in [0.3, 0.4) is 0 Å². The van der Waals surface area contributed by atoms with Gasteiger partial charge in [0.2, 0.25) is 0 Å². The maximum atomic E-state index is 13.9. The van der Waals surface area contributed by atoms with Gasteiger partial charge in [-0.05, 0) is 23.8 Å². The molecule has 0 unspecified atom stereocenters. The Morgan fingerprint density at radius 2 is 1.95 bits per heavy atom. The Kier molecular flexibility index (Phi) is 3.80. The fraction of sp³-hybridized carbons (Fsp3) is 0.133. The van der Waals surface area contributed by atoms with E-state index in [1.54, 1.807) is 36.4 Å². The lowest BCUT2D eigenvalue weighted by molar-refractivity contribution is 0.0992. The standard InChI is InChI=1S/C15H14FNO2/c1-19-14-8-4-5-10(15(14)16)9-13(18)11-6-2-3-7-12(11)17/h2-8H,9,17H2,1H3. The SMILES string of the molecule is COc1cccc(CC(=O)c2ccccc2N)c1F. The lowest BCUT2D eigenvalue weighted by Gasteiger charge is -2.08. The molecule has 2 aromatic carbocycles. The highest BCUT2D eigenvalue weighted by molar-refractivity contribution is 6.01. The fourth-order valence-corrected chi connectivity index (χ4v) is 1.87. The first-order valence-electron chi connectivity index (χ1n) is 5.82. The Hall–Kier alpha value is -2.36. The zero-order valence-electron chi connectivity index (χ0n) is 10.5. The smallest absolute Gasteiger partial charge is 0.169 e. The second-order valence-corrected chi connectivity index (χ2v) is 4.12. The van der Waals surface area contributed by atoms with Crippen LogP contribution in [0.2, 0.25) is 0 Å². The first-order chi connectivity index (χ1) is 9.13. The lowest BCUT2D eigenvalue weighted by atomic mass is 10.0. The van der Waals surface area contributed by atoms with Crippen molar-refractivity contribution in [3.8, 4) is 5.75 Å². The molecule has 0 aliphatic carbocycles. The van der Waals surface area contributed by atoms with E-state index in [2.05, 4.69) is 0 Å². The number of halogens is 1. The van der Waals surface area contributed by atoms with Gasteiger partial charge in [-0.3, -0.25) is 4.79 Å². The van der Waals surface area contributed by atoms with Gasteiger partial charge in [-0.2, -0.15) is 0 Å². The molecule has 2 aromatic rings. The average Bonchev–Trinajstić information content (AvgIpc) is 2.41. The van der Waals surface area contributed by atoms with Gasteiger partial charge in [0.1, 0.15) is 0 Å². The third kappa shape index (κ3) is 2.73. The van der Waals surface area contributed by atoms with E-state index in [1.807, 2.05) is 0 Å². The van der Waals surface area contributed by atoms with Gasteiger partial charge in [-0.25, -0.2) is 4.39 Å². The summed E-state index contributed by atoms with van der Waals surface area (Å²) in [6.45, 7) is 0. The van der Waals surface area contributed by atoms with Crippen molar-refractivity contribution in [2.75, 3.05) is 12.8 Å². The van der Waals surface area contributed by atoms with Crippen LogP contribution < -0.4 is 10.5 Å². The molecule has 4 heteroatoms. The van der Waals surface area contributed by atoms with Crippen molar-refractivity contribution in [2.45, 2.75) is 6.42 Å². The van der Waals surface area contributed by atoms with Gasteiger partial charge < -0.3 is 10.5 Å². The van der Waals surface area contributed by atoms with Crippen LogP contribution in [0.1, 0.15) is 15.9 Å². The summed E-state index contributed by atoms with van der Waals surface area (Å²) in [6, 6.07) is 11.5. The van der Waals surface area contributed by atoms with Gasteiger partial charge in [0.15, 0.2) is 17.3 Å². The molecule has 0 heterocycles. The van der Waals surface area contributed by atoms with Gasteiger partial charge in [-0.15, -0.1) is 0 Å². The quantitative estimate of drug-likeness (QED) is 0.678. The van der Waals surface area contributed by atoms with Crippen LogP contribution in [0.4, 0.5) is 10.1 Å². The maximum absolute atomic E-state index is 13.9. The molecule has 0 saturated heterocycles. The molecule has 0 amide bonds. The zero-order chi connectivity index (χ0) is 13.8. The highest BCUT2D eigenvalue weighted by Gasteiger charge is 2.14. The molecule has 19 heavy (non-hydrogen) atoms. The van der Waals surface area contributed by atoms with Gasteiger partial charge in [0.25, 0.3) is 0 Å². The van der Waals surface area contributed by atoms with E-state index < -0.39 is 5.82 Å². The highest BCUT2D eigenvalue weighted by Crippen LogP contribution is 2.22. The van der Waals surface area contributed by atoms with Crippen molar-refractivity contribution in [1.82, 2.24) is 0 Å². The minimum atomic E-state index is -0.507. The first-order valence-corrected chi connectivity index (χ1v) is 5.82. The maximum Gasteiger partial charge on any atom is 0.169 e. The van der Waals surface area contributed by atoms with Crippen molar-refractivity contribution in [2.24, 2.45) is 0 Å². The van der Waals surface area contributed by atoms with Crippen LogP contribution in [-0.2, 0) is 6.42 Å². The van der Waals surface area contributed by atoms with Gasteiger partial charge in [0.05, 0.1) is 7.11 Å². The molecule has 2 N–H and O–H groups in total. The number of methoxy groups -OCH3 is 1. The molecule has 0 aliphatic rings. The number of rotatable bonds is 4. The number of anilines is 1. The molecular weight excluding hydrogens is 245 g/mol. The van der Waals surface area contributed by atoms with Crippen molar-refractivity contribution in [3.63, 3.8) is 0 Å². The number of carbonyl (C=O) groups is 1. The number of hydrogen-bond donors (Lipinski definition) is 1. The van der Waals surface area contributed by atoms with E-state index in [4.69, 9.17) is 10.5 Å². The molecule has 0 saturated carbocycles.